The standard InChI is InChI=1S/C30H38N4O3.H2O/c31-26-25(27(35)33-28-7-10-29(36,11-8-28)12-9-28)15-21(17-32-26)20-1-3-22(4-2-20)30-16-23(30)18-34(19-30)24-5-13-37-14-6-24;/h1-4,15,17,23-24,36H,5-14,16,18-19H2,(H2,31,32)(H,33,35);1H2/t23-,28?,29?,30+;/m1./s1. The quantitative estimate of drug-likeness (QED) is 0.555. The Balaban J connectivity index is 0.00000264. The molecule has 2 aliphatic heterocycles. The van der Waals surface area contributed by atoms with Gasteiger partial charge >= 0.3 is 0 Å². The number of pyridine rings is 1. The van der Waals surface area contributed by atoms with E-state index in [1.807, 2.05) is 6.07 Å². The Kier molecular flexibility index (Phi) is 6.30. The molecule has 2 atom stereocenters. The van der Waals surface area contributed by atoms with Gasteiger partial charge in [-0.2, -0.15) is 0 Å². The molecule has 8 heteroatoms. The van der Waals surface area contributed by atoms with Gasteiger partial charge in [-0.05, 0) is 80.9 Å². The molecule has 0 unspecified atom stereocenters. The van der Waals surface area contributed by atoms with Crippen molar-refractivity contribution in [2.45, 2.75) is 80.4 Å². The summed E-state index contributed by atoms with van der Waals surface area (Å²) in [6.07, 6.45) is 10.1. The molecule has 0 spiro atoms. The summed E-state index contributed by atoms with van der Waals surface area (Å²) in [4.78, 5) is 20.4. The maximum Gasteiger partial charge on any atom is 0.255 e. The molecule has 2 bridgehead atoms. The number of benzene rings is 1. The van der Waals surface area contributed by atoms with Crippen molar-refractivity contribution in [3.05, 3.63) is 47.7 Å². The number of aliphatic hydroxyl groups is 1. The highest BCUT2D eigenvalue weighted by Gasteiger charge is 2.61. The van der Waals surface area contributed by atoms with E-state index >= 15 is 0 Å². The SMILES string of the molecule is Nc1ncc(-c2ccc([C@@]34C[C@@H]3CN(C3CCOCC3)C4)cc2)cc1C(=O)NC12CCC(O)(CC1)CC2.O. The van der Waals surface area contributed by atoms with E-state index in [9.17, 15) is 9.90 Å². The molecule has 8 rings (SSSR count). The Labute approximate surface area is 224 Å². The van der Waals surface area contributed by atoms with E-state index in [-0.39, 0.29) is 22.7 Å². The summed E-state index contributed by atoms with van der Waals surface area (Å²) in [6.45, 7) is 4.17. The molecule has 1 amide bonds. The lowest BCUT2D eigenvalue weighted by atomic mass is 9.63. The molecule has 204 valence electrons. The van der Waals surface area contributed by atoms with E-state index in [4.69, 9.17) is 10.5 Å². The average Bonchev–Trinajstić information content (AvgIpc) is 3.50. The number of rotatable bonds is 5. The highest BCUT2D eigenvalue weighted by molar-refractivity contribution is 5.99. The number of likely N-dealkylation sites (tertiary alicyclic amines) is 1. The molecule has 38 heavy (non-hydrogen) atoms. The van der Waals surface area contributed by atoms with Gasteiger partial charge in [0.25, 0.3) is 5.91 Å². The highest BCUT2D eigenvalue weighted by Crippen LogP contribution is 2.59. The first-order valence-corrected chi connectivity index (χ1v) is 14.1. The molecule has 6 aliphatic rings. The number of nitrogens with zero attached hydrogens (tertiary/aromatic N) is 2. The Morgan fingerprint density at radius 3 is 2.42 bits per heavy atom. The second-order valence-corrected chi connectivity index (χ2v) is 12.5. The Morgan fingerprint density at radius 1 is 1.05 bits per heavy atom. The fraction of sp³-hybridized carbons (Fsp3) is 0.600. The minimum absolute atomic E-state index is 0. The summed E-state index contributed by atoms with van der Waals surface area (Å²) < 4.78 is 5.57. The summed E-state index contributed by atoms with van der Waals surface area (Å²) in [7, 11) is 0. The molecule has 4 saturated carbocycles. The zero-order valence-electron chi connectivity index (χ0n) is 22.0. The van der Waals surface area contributed by atoms with Gasteiger partial charge in [0.2, 0.25) is 0 Å². The molecule has 0 radical (unpaired) electrons. The molecule has 6 fully saturated rings. The smallest absolute Gasteiger partial charge is 0.255 e. The van der Waals surface area contributed by atoms with Crippen LogP contribution in [0.25, 0.3) is 11.1 Å². The molecule has 2 aromatic rings. The fourth-order valence-corrected chi connectivity index (χ4v) is 7.77. The lowest BCUT2D eigenvalue weighted by molar-refractivity contribution is -0.0702. The van der Waals surface area contributed by atoms with E-state index in [0.717, 1.165) is 88.2 Å². The third-order valence-corrected chi connectivity index (χ3v) is 10.4. The van der Waals surface area contributed by atoms with Crippen LogP contribution in [0.3, 0.4) is 0 Å². The van der Waals surface area contributed by atoms with Crippen molar-refractivity contribution >= 4 is 11.7 Å². The van der Waals surface area contributed by atoms with Crippen LogP contribution in [0.5, 0.6) is 0 Å². The van der Waals surface area contributed by atoms with Gasteiger partial charge in [0.05, 0.1) is 11.2 Å². The molecular formula is C30H40N4O4. The van der Waals surface area contributed by atoms with E-state index in [1.165, 1.54) is 18.5 Å². The van der Waals surface area contributed by atoms with Crippen molar-refractivity contribution in [1.82, 2.24) is 15.2 Å². The summed E-state index contributed by atoms with van der Waals surface area (Å²) in [5.74, 6) is 0.871. The van der Waals surface area contributed by atoms with Gasteiger partial charge in [0.1, 0.15) is 5.82 Å². The Bertz CT molecular complexity index is 1190. The molecule has 6 N–H and O–H groups in total. The van der Waals surface area contributed by atoms with Crippen LogP contribution in [0, 0.1) is 5.92 Å². The van der Waals surface area contributed by atoms with Gasteiger partial charge in [-0.15, -0.1) is 0 Å². The van der Waals surface area contributed by atoms with Crippen LogP contribution in [0.2, 0.25) is 0 Å². The van der Waals surface area contributed by atoms with Gasteiger partial charge < -0.3 is 26.4 Å². The average molecular weight is 521 g/mol. The van der Waals surface area contributed by atoms with E-state index in [1.54, 1.807) is 6.20 Å². The van der Waals surface area contributed by atoms with E-state index < -0.39 is 5.60 Å². The molecule has 4 aliphatic carbocycles. The predicted molar refractivity (Wildman–Crippen MR) is 146 cm³/mol. The number of piperidine rings is 1. The fourth-order valence-electron chi connectivity index (χ4n) is 7.77. The number of nitrogens with two attached hydrogens (primary N) is 1. The number of carbonyl (C=O) groups excluding carboxylic acids is 1. The summed E-state index contributed by atoms with van der Waals surface area (Å²) in [5.41, 5.74) is 9.56. The first kappa shape index (κ1) is 25.7. The van der Waals surface area contributed by atoms with Crippen molar-refractivity contribution in [2.75, 3.05) is 32.0 Å². The van der Waals surface area contributed by atoms with Crippen molar-refractivity contribution in [1.29, 1.82) is 0 Å². The molecule has 1 aromatic heterocycles. The molecule has 1 aromatic carbocycles. The maximum atomic E-state index is 13.3. The van der Waals surface area contributed by atoms with Crippen LogP contribution in [0.4, 0.5) is 5.82 Å². The first-order valence-electron chi connectivity index (χ1n) is 14.1. The molecular weight excluding hydrogens is 480 g/mol. The number of nitrogens with one attached hydrogen (secondary N) is 1. The Morgan fingerprint density at radius 2 is 1.74 bits per heavy atom. The van der Waals surface area contributed by atoms with Gasteiger partial charge in [0.15, 0.2) is 0 Å². The number of amides is 1. The predicted octanol–water partition coefficient (Wildman–Crippen LogP) is 2.83. The largest absolute Gasteiger partial charge is 0.412 e. The molecule has 8 nitrogen and oxygen atoms in total. The number of aromatic nitrogens is 1. The van der Waals surface area contributed by atoms with Crippen molar-refractivity contribution in [3.8, 4) is 11.1 Å². The maximum absolute atomic E-state index is 13.3. The van der Waals surface area contributed by atoms with Crippen LogP contribution < -0.4 is 11.1 Å². The number of fused-ring (bicyclic) bond motifs is 4. The number of carbonyl (C=O) groups is 1. The summed E-state index contributed by atoms with van der Waals surface area (Å²) in [5, 5.41) is 13.8. The zero-order chi connectivity index (χ0) is 25.3. The number of hydrogen-bond donors (Lipinski definition) is 3. The van der Waals surface area contributed by atoms with Gasteiger partial charge in [-0.3, -0.25) is 9.69 Å². The normalized spacial score (nSPS) is 34.4. The van der Waals surface area contributed by atoms with Crippen LogP contribution in [-0.4, -0.2) is 69.9 Å². The molecule has 2 saturated heterocycles. The minimum Gasteiger partial charge on any atom is -0.412 e. The van der Waals surface area contributed by atoms with Gasteiger partial charge in [-0.25, -0.2) is 4.98 Å². The second kappa shape index (κ2) is 9.30. The third kappa shape index (κ3) is 4.31. The number of hydrogen-bond acceptors (Lipinski definition) is 6. The zero-order valence-corrected chi connectivity index (χ0v) is 22.0. The number of nitrogen functional groups attached to an aromatic ring is 1. The van der Waals surface area contributed by atoms with Gasteiger partial charge in [0, 0.05) is 55.1 Å². The van der Waals surface area contributed by atoms with Crippen molar-refractivity contribution in [2.24, 2.45) is 5.92 Å². The number of anilines is 1. The molecule has 3 heterocycles. The van der Waals surface area contributed by atoms with Crippen LogP contribution in [-0.2, 0) is 10.2 Å². The highest BCUT2D eigenvalue weighted by atomic mass is 16.5. The lowest BCUT2D eigenvalue weighted by Gasteiger charge is -2.51. The topological polar surface area (TPSA) is 132 Å². The first-order chi connectivity index (χ1) is 17.9. The van der Waals surface area contributed by atoms with Crippen LogP contribution >= 0.6 is 0 Å². The Hall–Kier alpha value is -2.52. The minimum atomic E-state index is -0.527. The summed E-state index contributed by atoms with van der Waals surface area (Å²) >= 11 is 0. The van der Waals surface area contributed by atoms with E-state index in [0.29, 0.717) is 17.0 Å². The van der Waals surface area contributed by atoms with Crippen LogP contribution in [0.1, 0.15) is 73.7 Å². The van der Waals surface area contributed by atoms with E-state index in [2.05, 4.69) is 39.5 Å². The number of ether oxygens (including phenoxy) is 1. The lowest BCUT2D eigenvalue weighted by Crippen LogP contribution is -2.58. The second-order valence-electron chi connectivity index (χ2n) is 12.5. The third-order valence-electron chi connectivity index (χ3n) is 10.4. The van der Waals surface area contributed by atoms with Crippen molar-refractivity contribution < 1.29 is 20.1 Å². The summed E-state index contributed by atoms with van der Waals surface area (Å²) in [6, 6.07) is 11.5. The monoisotopic (exact) mass is 520 g/mol. The van der Waals surface area contributed by atoms with Crippen molar-refractivity contribution in [3.63, 3.8) is 0 Å². The van der Waals surface area contributed by atoms with Crippen LogP contribution in [0.15, 0.2) is 36.5 Å². The van der Waals surface area contributed by atoms with Gasteiger partial charge in [-0.1, -0.05) is 24.3 Å².